The second kappa shape index (κ2) is 6.80. The van der Waals surface area contributed by atoms with Crippen molar-refractivity contribution in [1.82, 2.24) is 5.06 Å². The van der Waals surface area contributed by atoms with Gasteiger partial charge in [-0.3, -0.25) is 0 Å². The summed E-state index contributed by atoms with van der Waals surface area (Å²) in [5.74, 6) is 0.0324. The fraction of sp³-hybridized carbons (Fsp3) is 1.00. The van der Waals surface area contributed by atoms with Crippen LogP contribution in [0.5, 0.6) is 0 Å². The minimum Gasteiger partial charge on any atom is -0.358 e. The molecule has 0 N–H and O–H groups in total. The average Bonchev–Trinajstić information content (AvgIpc) is 2.15. The summed E-state index contributed by atoms with van der Waals surface area (Å²) in [6.07, 6.45) is 1.82. The lowest BCUT2D eigenvalue weighted by molar-refractivity contribution is -0.223. The molecule has 1 radical (unpaired) electrons. The van der Waals surface area contributed by atoms with Gasteiger partial charge >= 0.3 is 0 Å². The van der Waals surface area contributed by atoms with E-state index in [1.54, 1.807) is 0 Å². The Kier molecular flexibility index (Phi) is 6.94. The minimum atomic E-state index is -0.612. The fourth-order valence-electron chi connectivity index (χ4n) is 1.49. The molecule has 15 heavy (non-hydrogen) atoms. The lowest BCUT2D eigenvalue weighted by Crippen LogP contribution is -2.44. The SMILES string of the molecule is CCOP(CC)C(CC)N([O])C(C)(C)C. The largest absolute Gasteiger partial charge is 0.358 e. The molecule has 0 aliphatic rings. The lowest BCUT2D eigenvalue weighted by atomic mass is 10.1. The predicted octanol–water partition coefficient (Wildman–Crippen LogP) is 3.62. The molecule has 0 aromatic rings. The maximum atomic E-state index is 12.1. The van der Waals surface area contributed by atoms with E-state index >= 15 is 0 Å². The molecule has 0 spiro atoms. The van der Waals surface area contributed by atoms with Crippen LogP contribution in [0.4, 0.5) is 0 Å². The van der Waals surface area contributed by atoms with Gasteiger partial charge in [0.25, 0.3) is 0 Å². The van der Waals surface area contributed by atoms with Crippen LogP contribution in [0.2, 0.25) is 0 Å². The van der Waals surface area contributed by atoms with Crippen LogP contribution < -0.4 is 0 Å². The average molecular weight is 234 g/mol. The lowest BCUT2D eigenvalue weighted by Gasteiger charge is -2.37. The first-order valence-corrected chi connectivity index (χ1v) is 7.25. The van der Waals surface area contributed by atoms with Crippen molar-refractivity contribution in [2.75, 3.05) is 12.8 Å². The Balaban J connectivity index is 4.57. The molecule has 0 aromatic carbocycles. The van der Waals surface area contributed by atoms with E-state index in [2.05, 4.69) is 13.8 Å². The molecule has 0 bridgehead atoms. The number of hydrogen-bond acceptors (Lipinski definition) is 2. The summed E-state index contributed by atoms with van der Waals surface area (Å²) in [4.78, 5) is 0. The topological polar surface area (TPSA) is 32.4 Å². The van der Waals surface area contributed by atoms with Gasteiger partial charge in [-0.05, 0) is 40.3 Å². The zero-order chi connectivity index (χ0) is 12.1. The van der Waals surface area contributed by atoms with Crippen molar-refractivity contribution in [3.8, 4) is 0 Å². The van der Waals surface area contributed by atoms with E-state index in [1.165, 1.54) is 5.06 Å². The molecule has 4 heteroatoms. The molecule has 0 aliphatic heterocycles. The maximum absolute atomic E-state index is 12.1. The molecule has 2 unspecified atom stereocenters. The summed E-state index contributed by atoms with van der Waals surface area (Å²) in [5, 5.41) is 13.3. The molecule has 3 nitrogen and oxygen atoms in total. The molecule has 2 atom stereocenters. The highest BCUT2D eigenvalue weighted by Gasteiger charge is 2.33. The zero-order valence-electron chi connectivity index (χ0n) is 10.9. The first kappa shape index (κ1) is 15.3. The Bertz CT molecular complexity index is 170. The second-order valence-electron chi connectivity index (χ2n) is 4.54. The molecule has 0 aromatic heterocycles. The van der Waals surface area contributed by atoms with Gasteiger partial charge in [-0.25, -0.2) is 0 Å². The van der Waals surface area contributed by atoms with Crippen molar-refractivity contribution in [3.63, 3.8) is 0 Å². The molecule has 0 aliphatic carbocycles. The number of hydrogen-bond donors (Lipinski definition) is 0. The van der Waals surface area contributed by atoms with Crippen molar-refractivity contribution in [3.05, 3.63) is 0 Å². The van der Waals surface area contributed by atoms with Gasteiger partial charge in [-0.1, -0.05) is 13.8 Å². The summed E-state index contributed by atoms with van der Waals surface area (Å²) in [6.45, 7) is 12.7. The molecule has 0 heterocycles. The van der Waals surface area contributed by atoms with Gasteiger partial charge in [0, 0.05) is 20.3 Å². The summed E-state index contributed by atoms with van der Waals surface area (Å²) >= 11 is 0. The number of nitrogens with zero attached hydrogens (tertiary/aromatic N) is 1. The van der Waals surface area contributed by atoms with Crippen molar-refractivity contribution in [2.24, 2.45) is 0 Å². The van der Waals surface area contributed by atoms with Gasteiger partial charge in [0.1, 0.15) is 0 Å². The monoisotopic (exact) mass is 234 g/mol. The van der Waals surface area contributed by atoms with Crippen molar-refractivity contribution >= 4 is 8.15 Å². The highest BCUT2D eigenvalue weighted by molar-refractivity contribution is 7.53. The van der Waals surface area contributed by atoms with Crippen molar-refractivity contribution in [2.45, 2.75) is 59.3 Å². The number of rotatable bonds is 6. The van der Waals surface area contributed by atoms with E-state index in [1.807, 2.05) is 27.7 Å². The van der Waals surface area contributed by atoms with Gasteiger partial charge in [0.2, 0.25) is 0 Å². The van der Waals surface area contributed by atoms with Crippen LogP contribution in [-0.2, 0) is 9.73 Å². The van der Waals surface area contributed by atoms with Crippen LogP contribution in [0.1, 0.15) is 48.0 Å². The first-order valence-electron chi connectivity index (χ1n) is 5.74. The third kappa shape index (κ3) is 4.78. The van der Waals surface area contributed by atoms with Gasteiger partial charge in [-0.2, -0.15) is 0 Å². The molecular formula is C11H25NO2P. The van der Waals surface area contributed by atoms with Crippen LogP contribution in [0.3, 0.4) is 0 Å². The molecule has 0 fully saturated rings. The minimum absolute atomic E-state index is 0.0324. The standard InChI is InChI=1S/C11H25NO2P/c1-7-10(12(13)11(4,5)6)15(9-3)14-8-2/h10H,7-9H2,1-6H3. The molecule has 0 rings (SSSR count). The quantitative estimate of drug-likeness (QED) is 0.519. The fourth-order valence-corrected chi connectivity index (χ4v) is 3.58. The predicted molar refractivity (Wildman–Crippen MR) is 65.4 cm³/mol. The van der Waals surface area contributed by atoms with Gasteiger partial charge < -0.3 is 4.52 Å². The number of hydroxylamine groups is 2. The van der Waals surface area contributed by atoms with Gasteiger partial charge in [0.15, 0.2) is 0 Å². The first-order chi connectivity index (χ1) is 6.88. The van der Waals surface area contributed by atoms with E-state index in [0.29, 0.717) is 6.61 Å². The Morgan fingerprint density at radius 1 is 1.27 bits per heavy atom. The Labute approximate surface area is 95.6 Å². The molecule has 0 saturated carbocycles. The normalized spacial score (nSPS) is 16.8. The highest BCUT2D eigenvalue weighted by Crippen LogP contribution is 2.46. The molecule has 91 valence electrons. The molecular weight excluding hydrogens is 209 g/mol. The van der Waals surface area contributed by atoms with Crippen molar-refractivity contribution in [1.29, 1.82) is 0 Å². The molecule has 0 amide bonds. The van der Waals surface area contributed by atoms with E-state index in [9.17, 15) is 5.21 Å². The molecule has 0 saturated heterocycles. The van der Waals surface area contributed by atoms with E-state index < -0.39 is 8.15 Å². The van der Waals surface area contributed by atoms with E-state index in [4.69, 9.17) is 4.52 Å². The van der Waals surface area contributed by atoms with Crippen LogP contribution in [0, 0.1) is 0 Å². The van der Waals surface area contributed by atoms with E-state index in [0.717, 1.165) is 12.6 Å². The van der Waals surface area contributed by atoms with Crippen LogP contribution in [0.15, 0.2) is 0 Å². The summed E-state index contributed by atoms with van der Waals surface area (Å²) < 4.78 is 5.68. The third-order valence-electron chi connectivity index (χ3n) is 2.24. The van der Waals surface area contributed by atoms with Gasteiger partial charge in [-0.15, -0.1) is 10.3 Å². The maximum Gasteiger partial charge on any atom is 0.0827 e. The Hall–Kier alpha value is 0.310. The zero-order valence-corrected chi connectivity index (χ0v) is 11.8. The smallest absolute Gasteiger partial charge is 0.0827 e. The Morgan fingerprint density at radius 3 is 2.07 bits per heavy atom. The van der Waals surface area contributed by atoms with E-state index in [-0.39, 0.29) is 11.3 Å². The Morgan fingerprint density at radius 2 is 1.80 bits per heavy atom. The van der Waals surface area contributed by atoms with Crippen LogP contribution >= 0.6 is 8.15 Å². The van der Waals surface area contributed by atoms with Crippen molar-refractivity contribution < 1.29 is 9.73 Å². The summed E-state index contributed by atoms with van der Waals surface area (Å²) in [5.41, 5.74) is -0.326. The second-order valence-corrected chi connectivity index (χ2v) is 6.86. The van der Waals surface area contributed by atoms with Gasteiger partial charge in [0.05, 0.1) is 5.78 Å². The highest BCUT2D eigenvalue weighted by atomic mass is 31.1. The summed E-state index contributed by atoms with van der Waals surface area (Å²) in [6, 6.07) is 0. The van der Waals surface area contributed by atoms with Crippen LogP contribution in [0.25, 0.3) is 0 Å². The third-order valence-corrected chi connectivity index (χ3v) is 4.69. The summed E-state index contributed by atoms with van der Waals surface area (Å²) in [7, 11) is -0.612. The van der Waals surface area contributed by atoms with Crippen LogP contribution in [-0.4, -0.2) is 29.2 Å².